The summed E-state index contributed by atoms with van der Waals surface area (Å²) in [6.07, 6.45) is 0.550. The Morgan fingerprint density at radius 2 is 2.06 bits per heavy atom. The normalized spacial score (nSPS) is 10.5. The summed E-state index contributed by atoms with van der Waals surface area (Å²) in [6.45, 7) is 3.86. The molecule has 0 aliphatic heterocycles. The number of thiophene rings is 1. The molecule has 1 aromatic carbocycles. The molecular formula is C14H13ClOS. The molecule has 0 radical (unpaired) electrons. The quantitative estimate of drug-likeness (QED) is 0.716. The predicted molar refractivity (Wildman–Crippen MR) is 74.1 cm³/mol. The van der Waals surface area contributed by atoms with Crippen molar-refractivity contribution in [2.24, 2.45) is 0 Å². The van der Waals surface area contributed by atoms with Crippen molar-refractivity contribution >= 4 is 28.7 Å². The standard InChI is InChI=1S/C14H13ClOS/c1-3-12(16)14-7-6-13(17-14)10-5-4-9(2)11(15)8-10/h4-8H,3H2,1-2H3. The molecule has 1 aromatic heterocycles. The van der Waals surface area contributed by atoms with Gasteiger partial charge in [0.1, 0.15) is 0 Å². The van der Waals surface area contributed by atoms with Crippen molar-refractivity contribution in [3.8, 4) is 10.4 Å². The number of ketones is 1. The highest BCUT2D eigenvalue weighted by Gasteiger charge is 2.09. The molecule has 3 heteroatoms. The Kier molecular flexibility index (Phi) is 3.65. The topological polar surface area (TPSA) is 17.1 Å². The number of rotatable bonds is 3. The molecule has 17 heavy (non-hydrogen) atoms. The number of hydrogen-bond donors (Lipinski definition) is 0. The van der Waals surface area contributed by atoms with Gasteiger partial charge in [-0.25, -0.2) is 0 Å². The Morgan fingerprint density at radius 1 is 1.29 bits per heavy atom. The van der Waals surface area contributed by atoms with Crippen LogP contribution in [0.3, 0.4) is 0 Å². The SMILES string of the molecule is CCC(=O)c1ccc(-c2ccc(C)c(Cl)c2)s1. The Bertz CT molecular complexity index is 557. The maximum atomic E-state index is 11.6. The van der Waals surface area contributed by atoms with Crippen LogP contribution in [0.1, 0.15) is 28.6 Å². The van der Waals surface area contributed by atoms with Gasteiger partial charge in [-0.1, -0.05) is 30.7 Å². The average Bonchev–Trinajstić information content (AvgIpc) is 2.81. The van der Waals surface area contributed by atoms with Crippen molar-refractivity contribution in [3.63, 3.8) is 0 Å². The van der Waals surface area contributed by atoms with Gasteiger partial charge in [0.2, 0.25) is 0 Å². The molecule has 0 aliphatic rings. The van der Waals surface area contributed by atoms with Crippen molar-refractivity contribution in [1.29, 1.82) is 0 Å². The second kappa shape index (κ2) is 5.03. The number of hydrogen-bond acceptors (Lipinski definition) is 2. The van der Waals surface area contributed by atoms with Crippen LogP contribution in [0, 0.1) is 6.92 Å². The highest BCUT2D eigenvalue weighted by atomic mass is 35.5. The molecule has 1 nitrogen and oxygen atoms in total. The summed E-state index contributed by atoms with van der Waals surface area (Å²) in [4.78, 5) is 13.5. The van der Waals surface area contributed by atoms with Gasteiger partial charge in [0, 0.05) is 16.3 Å². The van der Waals surface area contributed by atoms with E-state index in [0.29, 0.717) is 6.42 Å². The molecule has 2 rings (SSSR count). The lowest BCUT2D eigenvalue weighted by molar-refractivity contribution is 0.0992. The van der Waals surface area contributed by atoms with Gasteiger partial charge in [-0.3, -0.25) is 4.79 Å². The lowest BCUT2D eigenvalue weighted by atomic mass is 10.1. The molecule has 0 amide bonds. The van der Waals surface area contributed by atoms with Crippen molar-refractivity contribution < 1.29 is 4.79 Å². The van der Waals surface area contributed by atoms with E-state index in [1.165, 1.54) is 11.3 Å². The van der Waals surface area contributed by atoms with Crippen LogP contribution in [-0.4, -0.2) is 5.78 Å². The van der Waals surface area contributed by atoms with E-state index >= 15 is 0 Å². The number of halogens is 1. The Labute approximate surface area is 110 Å². The molecule has 0 bridgehead atoms. The van der Waals surface area contributed by atoms with E-state index in [-0.39, 0.29) is 5.78 Å². The van der Waals surface area contributed by atoms with Gasteiger partial charge in [0.25, 0.3) is 0 Å². The monoisotopic (exact) mass is 264 g/mol. The van der Waals surface area contributed by atoms with E-state index < -0.39 is 0 Å². The fourth-order valence-corrected chi connectivity index (χ4v) is 2.76. The number of benzene rings is 1. The minimum atomic E-state index is 0.194. The van der Waals surface area contributed by atoms with Crippen molar-refractivity contribution in [1.82, 2.24) is 0 Å². The van der Waals surface area contributed by atoms with E-state index in [2.05, 4.69) is 0 Å². The molecule has 0 unspecified atom stereocenters. The van der Waals surface area contributed by atoms with E-state index in [4.69, 9.17) is 11.6 Å². The molecule has 0 saturated heterocycles. The largest absolute Gasteiger partial charge is 0.293 e. The third-order valence-corrected chi connectivity index (χ3v) is 4.24. The fourth-order valence-electron chi connectivity index (χ4n) is 1.56. The molecule has 0 spiro atoms. The summed E-state index contributed by atoms with van der Waals surface area (Å²) in [7, 11) is 0. The zero-order valence-corrected chi connectivity index (χ0v) is 11.4. The van der Waals surface area contributed by atoms with Crippen LogP contribution in [0.15, 0.2) is 30.3 Å². The average molecular weight is 265 g/mol. The highest BCUT2D eigenvalue weighted by Crippen LogP contribution is 2.31. The van der Waals surface area contributed by atoms with Crippen LogP contribution in [-0.2, 0) is 0 Å². The molecule has 0 fully saturated rings. The molecule has 0 saturated carbocycles. The van der Waals surface area contributed by atoms with Crippen LogP contribution in [0.4, 0.5) is 0 Å². The third kappa shape index (κ3) is 2.59. The van der Waals surface area contributed by atoms with Crippen molar-refractivity contribution in [2.75, 3.05) is 0 Å². The summed E-state index contributed by atoms with van der Waals surface area (Å²) >= 11 is 7.62. The first-order chi connectivity index (χ1) is 8.11. The van der Waals surface area contributed by atoms with Crippen molar-refractivity contribution in [3.05, 3.63) is 45.8 Å². The molecular weight excluding hydrogens is 252 g/mol. The zero-order chi connectivity index (χ0) is 12.4. The van der Waals surface area contributed by atoms with Gasteiger partial charge in [0.05, 0.1) is 4.88 Å². The van der Waals surface area contributed by atoms with E-state index in [1.54, 1.807) is 0 Å². The summed E-state index contributed by atoms with van der Waals surface area (Å²) in [5, 5.41) is 0.763. The smallest absolute Gasteiger partial charge is 0.172 e. The summed E-state index contributed by atoms with van der Waals surface area (Å²) < 4.78 is 0. The van der Waals surface area contributed by atoms with Gasteiger partial charge < -0.3 is 0 Å². The number of Topliss-reactive ketones (excluding diaryl/α,β-unsaturated/α-hetero) is 1. The highest BCUT2D eigenvalue weighted by molar-refractivity contribution is 7.17. The fraction of sp³-hybridized carbons (Fsp3) is 0.214. The van der Waals surface area contributed by atoms with Crippen molar-refractivity contribution in [2.45, 2.75) is 20.3 Å². The Morgan fingerprint density at radius 3 is 2.71 bits per heavy atom. The maximum Gasteiger partial charge on any atom is 0.172 e. The van der Waals surface area contributed by atoms with Gasteiger partial charge >= 0.3 is 0 Å². The number of aryl methyl sites for hydroxylation is 1. The molecule has 1 heterocycles. The molecule has 0 aliphatic carbocycles. The predicted octanol–water partition coefficient (Wildman–Crippen LogP) is 4.97. The van der Waals surface area contributed by atoms with Crippen LogP contribution in [0.2, 0.25) is 5.02 Å². The van der Waals surface area contributed by atoms with Crippen LogP contribution in [0.25, 0.3) is 10.4 Å². The van der Waals surface area contributed by atoms with E-state index in [0.717, 1.165) is 25.9 Å². The van der Waals surface area contributed by atoms with Gasteiger partial charge in [0.15, 0.2) is 5.78 Å². The molecule has 0 atom stereocenters. The summed E-state index contributed by atoms with van der Waals surface area (Å²) in [6, 6.07) is 9.85. The molecule has 0 N–H and O–H groups in total. The summed E-state index contributed by atoms with van der Waals surface area (Å²) in [5.41, 5.74) is 2.14. The third-order valence-electron chi connectivity index (χ3n) is 2.66. The first kappa shape index (κ1) is 12.3. The lowest BCUT2D eigenvalue weighted by Crippen LogP contribution is -1.90. The Hall–Kier alpha value is -1.12. The van der Waals surface area contributed by atoms with E-state index in [1.807, 2.05) is 44.2 Å². The van der Waals surface area contributed by atoms with Crippen LogP contribution >= 0.6 is 22.9 Å². The van der Waals surface area contributed by atoms with Crippen LogP contribution < -0.4 is 0 Å². The minimum absolute atomic E-state index is 0.194. The minimum Gasteiger partial charge on any atom is -0.293 e. The van der Waals surface area contributed by atoms with Gasteiger partial charge in [-0.05, 0) is 36.2 Å². The van der Waals surface area contributed by atoms with Gasteiger partial charge in [-0.15, -0.1) is 11.3 Å². The Balaban J connectivity index is 2.37. The molecule has 2 aromatic rings. The second-order valence-corrected chi connectivity index (χ2v) is 5.40. The van der Waals surface area contributed by atoms with Gasteiger partial charge in [-0.2, -0.15) is 0 Å². The molecule has 88 valence electrons. The second-order valence-electron chi connectivity index (χ2n) is 3.90. The lowest BCUT2D eigenvalue weighted by Gasteiger charge is -2.01. The first-order valence-electron chi connectivity index (χ1n) is 5.51. The number of carbonyl (C=O) groups is 1. The van der Waals surface area contributed by atoms with E-state index in [9.17, 15) is 4.79 Å². The zero-order valence-electron chi connectivity index (χ0n) is 9.79. The van der Waals surface area contributed by atoms with Crippen LogP contribution in [0.5, 0.6) is 0 Å². The summed E-state index contributed by atoms with van der Waals surface area (Å²) in [5.74, 6) is 0.194. The number of carbonyl (C=O) groups excluding carboxylic acids is 1. The maximum absolute atomic E-state index is 11.6. The first-order valence-corrected chi connectivity index (χ1v) is 6.71.